The minimum Gasteiger partial charge on any atom is -0.351 e. The lowest BCUT2D eigenvalue weighted by Gasteiger charge is -2.34. The van der Waals surface area contributed by atoms with Gasteiger partial charge in [-0.1, -0.05) is 47.5 Å². The molecular formula is C22H27N3O2. The molecule has 0 aromatic heterocycles. The van der Waals surface area contributed by atoms with E-state index in [1.807, 2.05) is 61.2 Å². The van der Waals surface area contributed by atoms with Crippen LogP contribution in [0.5, 0.6) is 0 Å². The van der Waals surface area contributed by atoms with Gasteiger partial charge in [0, 0.05) is 38.3 Å². The monoisotopic (exact) mass is 365 g/mol. The third kappa shape index (κ3) is 5.41. The van der Waals surface area contributed by atoms with E-state index in [1.165, 1.54) is 0 Å². The van der Waals surface area contributed by atoms with E-state index in [2.05, 4.69) is 16.3 Å². The molecule has 0 atom stereocenters. The van der Waals surface area contributed by atoms with Crippen molar-refractivity contribution in [3.63, 3.8) is 0 Å². The van der Waals surface area contributed by atoms with Crippen LogP contribution in [0.25, 0.3) is 0 Å². The summed E-state index contributed by atoms with van der Waals surface area (Å²) in [6, 6.07) is 15.8. The zero-order valence-electron chi connectivity index (χ0n) is 16.1. The first-order valence-corrected chi connectivity index (χ1v) is 9.42. The van der Waals surface area contributed by atoms with Gasteiger partial charge < -0.3 is 10.2 Å². The van der Waals surface area contributed by atoms with Gasteiger partial charge in [-0.3, -0.25) is 14.5 Å². The molecule has 1 N–H and O–H groups in total. The molecule has 2 aromatic carbocycles. The second kappa shape index (κ2) is 8.82. The van der Waals surface area contributed by atoms with E-state index in [0.29, 0.717) is 26.2 Å². The van der Waals surface area contributed by atoms with E-state index in [9.17, 15) is 9.59 Å². The van der Waals surface area contributed by atoms with Gasteiger partial charge in [-0.2, -0.15) is 0 Å². The van der Waals surface area contributed by atoms with E-state index < -0.39 is 0 Å². The number of carbonyl (C=O) groups is 2. The van der Waals surface area contributed by atoms with Crippen LogP contribution in [0.2, 0.25) is 0 Å². The lowest BCUT2D eigenvalue weighted by molar-refractivity contribution is -0.122. The molecule has 0 aliphatic carbocycles. The molecular weight excluding hydrogens is 338 g/mol. The third-order valence-electron chi connectivity index (χ3n) is 4.83. The molecule has 1 heterocycles. The molecule has 5 heteroatoms. The number of amides is 2. The smallest absolute Gasteiger partial charge is 0.253 e. The number of carbonyl (C=O) groups excluding carboxylic acids is 2. The number of hydrogen-bond donors (Lipinski definition) is 1. The second-order valence-electron chi connectivity index (χ2n) is 7.21. The topological polar surface area (TPSA) is 52.7 Å². The van der Waals surface area contributed by atoms with Crippen molar-refractivity contribution in [2.24, 2.45) is 0 Å². The Morgan fingerprint density at radius 1 is 0.926 bits per heavy atom. The lowest BCUT2D eigenvalue weighted by Crippen LogP contribution is -2.51. The van der Waals surface area contributed by atoms with Crippen molar-refractivity contribution < 1.29 is 9.59 Å². The minimum absolute atomic E-state index is 0.0212. The van der Waals surface area contributed by atoms with Crippen molar-refractivity contribution in [2.45, 2.75) is 20.4 Å². The molecule has 2 amide bonds. The Morgan fingerprint density at radius 3 is 2.19 bits per heavy atom. The summed E-state index contributed by atoms with van der Waals surface area (Å²) in [5, 5.41) is 2.96. The predicted octanol–water partition coefficient (Wildman–Crippen LogP) is 2.38. The number of nitrogens with zero attached hydrogens (tertiary/aromatic N) is 2. The number of aryl methyl sites for hydroxylation is 2. The van der Waals surface area contributed by atoms with Crippen LogP contribution in [-0.2, 0) is 11.3 Å². The van der Waals surface area contributed by atoms with Crippen LogP contribution in [0, 0.1) is 13.8 Å². The van der Waals surface area contributed by atoms with Crippen LogP contribution in [-0.4, -0.2) is 54.3 Å². The molecule has 2 aromatic rings. The summed E-state index contributed by atoms with van der Waals surface area (Å²) < 4.78 is 0. The van der Waals surface area contributed by atoms with Crippen LogP contribution >= 0.6 is 0 Å². The highest BCUT2D eigenvalue weighted by Gasteiger charge is 2.23. The summed E-state index contributed by atoms with van der Waals surface area (Å²) in [5.74, 6) is 0.0999. The Labute approximate surface area is 161 Å². The number of rotatable bonds is 5. The lowest BCUT2D eigenvalue weighted by atomic mass is 10.1. The maximum atomic E-state index is 12.7. The van der Waals surface area contributed by atoms with Crippen LogP contribution in [0.1, 0.15) is 27.0 Å². The molecule has 0 radical (unpaired) electrons. The molecule has 1 fully saturated rings. The Bertz CT molecular complexity index is 776. The summed E-state index contributed by atoms with van der Waals surface area (Å²) >= 11 is 0. The number of hydrogen-bond acceptors (Lipinski definition) is 3. The molecule has 1 aliphatic heterocycles. The second-order valence-corrected chi connectivity index (χ2v) is 7.21. The summed E-state index contributed by atoms with van der Waals surface area (Å²) in [6.07, 6.45) is 0. The zero-order valence-corrected chi connectivity index (χ0v) is 16.1. The molecule has 1 aliphatic rings. The number of benzene rings is 2. The highest BCUT2D eigenvalue weighted by molar-refractivity contribution is 5.94. The van der Waals surface area contributed by atoms with Gasteiger partial charge in [-0.25, -0.2) is 0 Å². The Hall–Kier alpha value is -2.66. The average Bonchev–Trinajstić information content (AvgIpc) is 2.66. The van der Waals surface area contributed by atoms with Gasteiger partial charge in [0.25, 0.3) is 5.91 Å². The van der Waals surface area contributed by atoms with Gasteiger partial charge in [0.05, 0.1) is 6.54 Å². The highest BCUT2D eigenvalue weighted by atomic mass is 16.2. The van der Waals surface area contributed by atoms with Crippen molar-refractivity contribution in [2.75, 3.05) is 32.7 Å². The average molecular weight is 365 g/mol. The predicted molar refractivity (Wildman–Crippen MR) is 107 cm³/mol. The molecule has 0 saturated carbocycles. The highest BCUT2D eigenvalue weighted by Crippen LogP contribution is 2.13. The van der Waals surface area contributed by atoms with Gasteiger partial charge in [-0.15, -0.1) is 0 Å². The first kappa shape index (κ1) is 19.1. The van der Waals surface area contributed by atoms with E-state index in [0.717, 1.165) is 35.3 Å². The fraction of sp³-hybridized carbons (Fsp3) is 0.364. The molecule has 27 heavy (non-hydrogen) atoms. The minimum atomic E-state index is 0.0212. The van der Waals surface area contributed by atoms with Crippen LogP contribution in [0.15, 0.2) is 48.5 Å². The normalized spacial score (nSPS) is 14.8. The van der Waals surface area contributed by atoms with Crippen LogP contribution < -0.4 is 5.32 Å². The van der Waals surface area contributed by atoms with E-state index >= 15 is 0 Å². The van der Waals surface area contributed by atoms with Gasteiger partial charge in [-0.05, 0) is 31.5 Å². The van der Waals surface area contributed by atoms with Crippen LogP contribution in [0.3, 0.4) is 0 Å². The van der Waals surface area contributed by atoms with E-state index in [-0.39, 0.29) is 11.8 Å². The van der Waals surface area contributed by atoms with E-state index in [1.54, 1.807) is 0 Å². The molecule has 1 saturated heterocycles. The van der Waals surface area contributed by atoms with Gasteiger partial charge in [0.2, 0.25) is 5.91 Å². The van der Waals surface area contributed by atoms with E-state index in [4.69, 9.17) is 0 Å². The van der Waals surface area contributed by atoms with Gasteiger partial charge in [0.15, 0.2) is 0 Å². The fourth-order valence-electron chi connectivity index (χ4n) is 3.45. The Morgan fingerprint density at radius 2 is 1.56 bits per heavy atom. The zero-order chi connectivity index (χ0) is 19.2. The van der Waals surface area contributed by atoms with Crippen molar-refractivity contribution in [3.8, 4) is 0 Å². The van der Waals surface area contributed by atoms with Gasteiger partial charge in [0.1, 0.15) is 0 Å². The number of piperazine rings is 1. The first-order valence-electron chi connectivity index (χ1n) is 9.42. The summed E-state index contributed by atoms with van der Waals surface area (Å²) in [6.45, 7) is 7.68. The summed E-state index contributed by atoms with van der Waals surface area (Å²) in [7, 11) is 0. The third-order valence-corrected chi connectivity index (χ3v) is 4.83. The molecule has 142 valence electrons. The SMILES string of the molecule is Cc1cc(C)cc(C(=O)N2CCN(CC(=O)NCc3ccccc3)CC2)c1. The maximum absolute atomic E-state index is 12.7. The van der Waals surface area contributed by atoms with Crippen molar-refractivity contribution >= 4 is 11.8 Å². The molecule has 0 unspecified atom stereocenters. The first-order chi connectivity index (χ1) is 13.0. The molecule has 5 nitrogen and oxygen atoms in total. The number of nitrogens with one attached hydrogen (secondary N) is 1. The van der Waals surface area contributed by atoms with Gasteiger partial charge >= 0.3 is 0 Å². The van der Waals surface area contributed by atoms with Crippen molar-refractivity contribution in [1.82, 2.24) is 15.1 Å². The fourth-order valence-corrected chi connectivity index (χ4v) is 3.45. The quantitative estimate of drug-likeness (QED) is 0.885. The maximum Gasteiger partial charge on any atom is 0.253 e. The molecule has 0 bridgehead atoms. The molecule has 0 spiro atoms. The summed E-state index contributed by atoms with van der Waals surface area (Å²) in [4.78, 5) is 28.9. The van der Waals surface area contributed by atoms with Crippen molar-refractivity contribution in [3.05, 3.63) is 70.8 Å². The Kier molecular flexibility index (Phi) is 6.24. The van der Waals surface area contributed by atoms with Crippen molar-refractivity contribution in [1.29, 1.82) is 0 Å². The largest absolute Gasteiger partial charge is 0.351 e. The summed E-state index contributed by atoms with van der Waals surface area (Å²) in [5.41, 5.74) is 4.05. The van der Waals surface area contributed by atoms with Crippen LogP contribution in [0.4, 0.5) is 0 Å². The standard InChI is InChI=1S/C22H27N3O2/c1-17-12-18(2)14-20(13-17)22(27)25-10-8-24(9-11-25)16-21(26)23-15-19-6-4-3-5-7-19/h3-7,12-14H,8-11,15-16H2,1-2H3,(H,23,26). The molecule has 3 rings (SSSR count). The Balaban J connectivity index is 1.45.